The minimum Gasteiger partial charge on any atom is -0.297 e. The molecule has 0 saturated carbocycles. The fourth-order valence-electron chi connectivity index (χ4n) is 2.50. The second-order valence-corrected chi connectivity index (χ2v) is 5.28. The molecular formula is C15H14ClN3O. The van der Waals surface area contributed by atoms with Gasteiger partial charge < -0.3 is 0 Å². The molecule has 0 aliphatic carbocycles. The molecule has 0 radical (unpaired) electrons. The second-order valence-electron chi connectivity index (χ2n) is 4.85. The lowest BCUT2D eigenvalue weighted by molar-refractivity contribution is 0.806. The van der Waals surface area contributed by atoms with E-state index in [1.807, 2.05) is 38.1 Å². The van der Waals surface area contributed by atoms with Gasteiger partial charge in [-0.1, -0.05) is 30.7 Å². The zero-order valence-corrected chi connectivity index (χ0v) is 12.0. The number of benzene rings is 1. The van der Waals surface area contributed by atoms with Gasteiger partial charge in [-0.2, -0.15) is 0 Å². The smallest absolute Gasteiger partial charge is 0.276 e. The van der Waals surface area contributed by atoms with Gasteiger partial charge in [0.05, 0.1) is 0 Å². The summed E-state index contributed by atoms with van der Waals surface area (Å²) in [4.78, 5) is 17.0. The number of aryl methyl sites for hydroxylation is 1. The molecule has 0 bridgehead atoms. The van der Waals surface area contributed by atoms with Crippen LogP contribution in [-0.4, -0.2) is 14.6 Å². The molecule has 0 aliphatic rings. The summed E-state index contributed by atoms with van der Waals surface area (Å²) in [6.07, 6.45) is 1.71. The fourth-order valence-corrected chi connectivity index (χ4v) is 2.63. The number of nitrogens with one attached hydrogen (secondary N) is 1. The van der Waals surface area contributed by atoms with E-state index in [9.17, 15) is 4.79 Å². The molecule has 5 heteroatoms. The Morgan fingerprint density at radius 2 is 1.95 bits per heavy atom. The topological polar surface area (TPSA) is 50.2 Å². The lowest BCUT2D eigenvalue weighted by atomic mass is 9.93. The predicted octanol–water partition coefficient (Wildman–Crippen LogP) is 3.14. The first-order chi connectivity index (χ1) is 9.58. The molecule has 102 valence electrons. The monoisotopic (exact) mass is 287 g/mol. The molecule has 4 nitrogen and oxygen atoms in total. The number of aromatic nitrogens is 3. The van der Waals surface area contributed by atoms with Crippen LogP contribution in [-0.2, 0) is 0 Å². The molecule has 1 unspecified atom stereocenters. The van der Waals surface area contributed by atoms with Gasteiger partial charge in [0.25, 0.3) is 5.56 Å². The highest BCUT2D eigenvalue weighted by Gasteiger charge is 2.18. The number of H-pyrrole nitrogens is 1. The van der Waals surface area contributed by atoms with Crippen molar-refractivity contribution >= 4 is 17.2 Å². The van der Waals surface area contributed by atoms with Crippen molar-refractivity contribution in [2.24, 2.45) is 0 Å². The van der Waals surface area contributed by atoms with Crippen molar-refractivity contribution in [2.75, 3.05) is 0 Å². The maximum Gasteiger partial charge on any atom is 0.276 e. The van der Waals surface area contributed by atoms with Crippen LogP contribution in [0.4, 0.5) is 0 Å². The molecule has 1 aromatic carbocycles. The number of fused-ring (bicyclic) bond motifs is 1. The van der Waals surface area contributed by atoms with Gasteiger partial charge in [0.15, 0.2) is 5.65 Å². The third-order valence-corrected chi connectivity index (χ3v) is 3.83. The van der Waals surface area contributed by atoms with Gasteiger partial charge in [-0.3, -0.25) is 9.89 Å². The van der Waals surface area contributed by atoms with Crippen LogP contribution < -0.4 is 5.56 Å². The summed E-state index contributed by atoms with van der Waals surface area (Å²) in [5.74, 6) is -0.0348. The summed E-state index contributed by atoms with van der Waals surface area (Å²) >= 11 is 5.91. The lowest BCUT2D eigenvalue weighted by Crippen LogP contribution is -2.23. The molecule has 20 heavy (non-hydrogen) atoms. The van der Waals surface area contributed by atoms with E-state index in [0.717, 1.165) is 11.3 Å². The van der Waals surface area contributed by atoms with E-state index >= 15 is 0 Å². The highest BCUT2D eigenvalue weighted by Crippen LogP contribution is 2.24. The summed E-state index contributed by atoms with van der Waals surface area (Å²) in [5.41, 5.74) is 3.09. The van der Waals surface area contributed by atoms with E-state index in [0.29, 0.717) is 16.2 Å². The molecule has 1 N–H and O–H groups in total. The highest BCUT2D eigenvalue weighted by atomic mass is 35.5. The minimum atomic E-state index is -0.0556. The van der Waals surface area contributed by atoms with Gasteiger partial charge in [0, 0.05) is 34.5 Å². The third kappa shape index (κ3) is 2.02. The third-order valence-electron chi connectivity index (χ3n) is 3.57. The Morgan fingerprint density at radius 3 is 2.65 bits per heavy atom. The van der Waals surface area contributed by atoms with Gasteiger partial charge in [-0.15, -0.1) is 0 Å². The normalized spacial score (nSPS) is 12.8. The van der Waals surface area contributed by atoms with Crippen molar-refractivity contribution in [1.29, 1.82) is 0 Å². The Balaban J connectivity index is 2.18. The molecule has 0 aliphatic heterocycles. The van der Waals surface area contributed by atoms with Crippen molar-refractivity contribution in [3.63, 3.8) is 0 Å². The highest BCUT2D eigenvalue weighted by molar-refractivity contribution is 6.30. The van der Waals surface area contributed by atoms with E-state index in [-0.39, 0.29) is 11.5 Å². The molecule has 3 aromatic rings. The standard InChI is InChI=1S/C15H14ClN3O/c1-9(11-3-5-12(16)6-4-11)14-10(2)18-13-7-8-17-19(13)15(14)20/h3-9,17H,1-2H3. The molecule has 1 atom stereocenters. The number of aromatic amines is 1. The summed E-state index contributed by atoms with van der Waals surface area (Å²) in [7, 11) is 0. The minimum absolute atomic E-state index is 0.0348. The number of hydrogen-bond acceptors (Lipinski definition) is 2. The summed E-state index contributed by atoms with van der Waals surface area (Å²) < 4.78 is 1.47. The Kier molecular flexibility index (Phi) is 3.10. The molecule has 0 fully saturated rings. The number of rotatable bonds is 2. The fraction of sp³-hybridized carbons (Fsp3) is 0.200. The average Bonchev–Trinajstić information content (AvgIpc) is 2.87. The van der Waals surface area contributed by atoms with E-state index in [4.69, 9.17) is 11.6 Å². The summed E-state index contributed by atoms with van der Waals surface area (Å²) in [5, 5.41) is 3.58. The largest absolute Gasteiger partial charge is 0.297 e. The quantitative estimate of drug-likeness (QED) is 0.787. The first kappa shape index (κ1) is 12.9. The van der Waals surface area contributed by atoms with Crippen molar-refractivity contribution < 1.29 is 0 Å². The van der Waals surface area contributed by atoms with E-state index in [1.165, 1.54) is 4.52 Å². The molecule has 0 saturated heterocycles. The average molecular weight is 288 g/mol. The number of hydrogen-bond donors (Lipinski definition) is 1. The summed E-state index contributed by atoms with van der Waals surface area (Å²) in [6, 6.07) is 9.33. The zero-order valence-electron chi connectivity index (χ0n) is 11.2. The number of halogens is 1. The first-order valence-electron chi connectivity index (χ1n) is 6.40. The van der Waals surface area contributed by atoms with Crippen LogP contribution in [0.2, 0.25) is 5.02 Å². The zero-order chi connectivity index (χ0) is 14.3. The predicted molar refractivity (Wildman–Crippen MR) is 79.5 cm³/mol. The van der Waals surface area contributed by atoms with Crippen LogP contribution >= 0.6 is 11.6 Å². The van der Waals surface area contributed by atoms with Crippen LogP contribution in [0.3, 0.4) is 0 Å². The van der Waals surface area contributed by atoms with Crippen molar-refractivity contribution in [2.45, 2.75) is 19.8 Å². The Bertz CT molecular complexity index is 817. The Labute approximate surface area is 121 Å². The molecule has 0 amide bonds. The van der Waals surface area contributed by atoms with Crippen molar-refractivity contribution in [1.82, 2.24) is 14.6 Å². The van der Waals surface area contributed by atoms with Crippen LogP contribution in [0.1, 0.15) is 29.7 Å². The second kappa shape index (κ2) is 4.80. The van der Waals surface area contributed by atoms with Gasteiger partial charge in [-0.25, -0.2) is 9.50 Å². The first-order valence-corrected chi connectivity index (χ1v) is 6.78. The van der Waals surface area contributed by atoms with Gasteiger partial charge in [-0.05, 0) is 24.6 Å². The molecule has 0 spiro atoms. The molecule has 2 aromatic heterocycles. The van der Waals surface area contributed by atoms with Crippen LogP contribution in [0.5, 0.6) is 0 Å². The Morgan fingerprint density at radius 1 is 1.25 bits per heavy atom. The van der Waals surface area contributed by atoms with Gasteiger partial charge >= 0.3 is 0 Å². The SMILES string of the molecule is Cc1nc2cc[nH]n2c(=O)c1C(C)c1ccc(Cl)cc1. The maximum atomic E-state index is 12.6. The number of nitrogens with zero attached hydrogens (tertiary/aromatic N) is 2. The van der Waals surface area contributed by atoms with Gasteiger partial charge in [0.1, 0.15) is 0 Å². The molecule has 2 heterocycles. The van der Waals surface area contributed by atoms with Crippen molar-refractivity contribution in [3.8, 4) is 0 Å². The van der Waals surface area contributed by atoms with Crippen LogP contribution in [0.25, 0.3) is 5.65 Å². The molecule has 3 rings (SSSR count). The van der Waals surface area contributed by atoms with E-state index in [2.05, 4.69) is 10.1 Å². The van der Waals surface area contributed by atoms with Crippen molar-refractivity contribution in [3.05, 3.63) is 68.7 Å². The Hall–Kier alpha value is -2.07. The van der Waals surface area contributed by atoms with Gasteiger partial charge in [0.2, 0.25) is 0 Å². The van der Waals surface area contributed by atoms with Crippen LogP contribution in [0.15, 0.2) is 41.3 Å². The van der Waals surface area contributed by atoms with E-state index in [1.54, 1.807) is 12.3 Å². The maximum absolute atomic E-state index is 12.6. The van der Waals surface area contributed by atoms with Crippen LogP contribution in [0, 0.1) is 6.92 Å². The van der Waals surface area contributed by atoms with E-state index < -0.39 is 0 Å². The molecular weight excluding hydrogens is 274 g/mol. The summed E-state index contributed by atoms with van der Waals surface area (Å²) in [6.45, 7) is 3.88. The lowest BCUT2D eigenvalue weighted by Gasteiger charge is -2.14.